The molecule has 0 saturated heterocycles. The number of aryl methyl sites for hydroxylation is 1. The Hall–Kier alpha value is -2.30. The first kappa shape index (κ1) is 16.6. The molecule has 0 amide bonds. The monoisotopic (exact) mass is 341 g/mol. The fourth-order valence-electron chi connectivity index (χ4n) is 2.47. The van der Waals surface area contributed by atoms with E-state index in [-0.39, 0.29) is 0 Å². The summed E-state index contributed by atoms with van der Waals surface area (Å²) in [6, 6.07) is 15.5. The molecule has 2 aromatic carbocycles. The highest BCUT2D eigenvalue weighted by Crippen LogP contribution is 2.30. The van der Waals surface area contributed by atoms with Crippen LogP contribution in [-0.2, 0) is 20.0 Å². The van der Waals surface area contributed by atoms with Crippen LogP contribution in [0.15, 0.2) is 60.9 Å². The van der Waals surface area contributed by atoms with E-state index in [9.17, 15) is 0 Å². The van der Waals surface area contributed by atoms with Gasteiger partial charge in [0.2, 0.25) is 0 Å². The number of nitrogens with one attached hydrogen (secondary N) is 1. The third-order valence-corrected chi connectivity index (χ3v) is 4.05. The maximum atomic E-state index is 6.36. The van der Waals surface area contributed by atoms with Crippen molar-refractivity contribution in [3.05, 3.63) is 77.1 Å². The van der Waals surface area contributed by atoms with Crippen molar-refractivity contribution in [3.8, 4) is 11.5 Å². The summed E-state index contributed by atoms with van der Waals surface area (Å²) in [5, 5.41) is 8.31. The molecule has 0 aliphatic heterocycles. The molecule has 0 saturated carbocycles. The average molecular weight is 342 g/mol. The van der Waals surface area contributed by atoms with Crippen molar-refractivity contribution in [2.24, 2.45) is 7.05 Å². The molecule has 24 heavy (non-hydrogen) atoms. The number of hydrogen-bond donors (Lipinski definition) is 1. The molecule has 0 bridgehead atoms. The van der Waals surface area contributed by atoms with Crippen LogP contribution in [-0.4, -0.2) is 16.3 Å². The van der Waals surface area contributed by atoms with Gasteiger partial charge < -0.3 is 10.1 Å². The molecule has 5 heteroatoms. The summed E-state index contributed by atoms with van der Waals surface area (Å²) < 4.78 is 7.79. The molecule has 1 N–H and O–H groups in total. The smallest absolute Gasteiger partial charge is 0.133 e. The van der Waals surface area contributed by atoms with Crippen LogP contribution >= 0.6 is 11.6 Å². The van der Waals surface area contributed by atoms with Crippen molar-refractivity contribution < 1.29 is 4.74 Å². The van der Waals surface area contributed by atoms with Gasteiger partial charge in [0.05, 0.1) is 6.20 Å². The van der Waals surface area contributed by atoms with Crippen LogP contribution in [0.2, 0.25) is 5.02 Å². The van der Waals surface area contributed by atoms with Crippen LogP contribution in [0.25, 0.3) is 0 Å². The Balaban J connectivity index is 1.62. The second kappa shape index (κ2) is 7.99. The average Bonchev–Trinajstić information content (AvgIpc) is 3.00. The largest absolute Gasteiger partial charge is 0.457 e. The molecular weight excluding hydrogens is 322 g/mol. The Bertz CT molecular complexity index is 786. The predicted molar refractivity (Wildman–Crippen MR) is 96.6 cm³/mol. The van der Waals surface area contributed by atoms with Crippen LogP contribution in [0.5, 0.6) is 11.5 Å². The molecule has 0 atom stereocenters. The number of ether oxygens (including phenoxy) is 1. The van der Waals surface area contributed by atoms with E-state index < -0.39 is 0 Å². The van der Waals surface area contributed by atoms with Crippen molar-refractivity contribution in [2.75, 3.05) is 6.54 Å². The second-order valence-electron chi connectivity index (χ2n) is 5.58. The van der Waals surface area contributed by atoms with Gasteiger partial charge in [-0.3, -0.25) is 4.68 Å². The molecule has 0 spiro atoms. The molecule has 1 heterocycles. The minimum absolute atomic E-state index is 0.655. The van der Waals surface area contributed by atoms with E-state index >= 15 is 0 Å². The van der Waals surface area contributed by atoms with Gasteiger partial charge in [-0.25, -0.2) is 0 Å². The SMILES string of the molecule is Cn1cc(CCNCc2c(Cl)cccc2Oc2ccccc2)cn1. The first-order chi connectivity index (χ1) is 11.7. The highest BCUT2D eigenvalue weighted by atomic mass is 35.5. The Labute approximate surface area is 147 Å². The summed E-state index contributed by atoms with van der Waals surface area (Å²) >= 11 is 6.36. The maximum Gasteiger partial charge on any atom is 0.133 e. The number of halogens is 1. The van der Waals surface area contributed by atoms with Gasteiger partial charge >= 0.3 is 0 Å². The zero-order valence-corrected chi connectivity index (χ0v) is 14.3. The topological polar surface area (TPSA) is 39.1 Å². The molecule has 0 aliphatic carbocycles. The maximum absolute atomic E-state index is 6.36. The highest BCUT2D eigenvalue weighted by Gasteiger charge is 2.09. The van der Waals surface area contributed by atoms with E-state index in [1.807, 2.05) is 72.7 Å². The Morgan fingerprint density at radius 1 is 1.12 bits per heavy atom. The number of aromatic nitrogens is 2. The zero-order chi connectivity index (χ0) is 16.8. The Kier molecular flexibility index (Phi) is 5.51. The summed E-state index contributed by atoms with van der Waals surface area (Å²) in [4.78, 5) is 0. The van der Waals surface area contributed by atoms with Gasteiger partial charge in [0, 0.05) is 30.4 Å². The van der Waals surface area contributed by atoms with Crippen molar-refractivity contribution in [2.45, 2.75) is 13.0 Å². The lowest BCUT2D eigenvalue weighted by Crippen LogP contribution is -2.17. The molecule has 0 unspecified atom stereocenters. The van der Waals surface area contributed by atoms with Gasteiger partial charge in [0.1, 0.15) is 11.5 Å². The molecule has 3 rings (SSSR count). The summed E-state index contributed by atoms with van der Waals surface area (Å²) in [6.45, 7) is 1.50. The van der Waals surface area contributed by atoms with E-state index in [0.717, 1.165) is 30.0 Å². The molecule has 124 valence electrons. The molecule has 0 fully saturated rings. The standard InChI is InChI=1S/C19H20ClN3O/c1-23-14-15(12-22-23)10-11-21-13-17-18(20)8-5-9-19(17)24-16-6-3-2-4-7-16/h2-9,12,14,21H,10-11,13H2,1H3. The Morgan fingerprint density at radius 3 is 2.71 bits per heavy atom. The van der Waals surface area contributed by atoms with Crippen molar-refractivity contribution in [1.82, 2.24) is 15.1 Å². The normalized spacial score (nSPS) is 10.8. The van der Waals surface area contributed by atoms with Crippen molar-refractivity contribution in [3.63, 3.8) is 0 Å². The lowest BCUT2D eigenvalue weighted by Gasteiger charge is -2.13. The zero-order valence-electron chi connectivity index (χ0n) is 13.6. The second-order valence-corrected chi connectivity index (χ2v) is 5.99. The molecule has 3 aromatic rings. The molecule has 0 radical (unpaired) electrons. The Morgan fingerprint density at radius 2 is 1.96 bits per heavy atom. The van der Waals surface area contributed by atoms with Crippen LogP contribution in [0.4, 0.5) is 0 Å². The number of hydrogen-bond acceptors (Lipinski definition) is 3. The van der Waals surface area contributed by atoms with E-state index in [4.69, 9.17) is 16.3 Å². The van der Waals surface area contributed by atoms with Gasteiger partial charge in [-0.2, -0.15) is 5.10 Å². The van der Waals surface area contributed by atoms with Crippen molar-refractivity contribution >= 4 is 11.6 Å². The first-order valence-electron chi connectivity index (χ1n) is 7.91. The van der Waals surface area contributed by atoms with E-state index in [2.05, 4.69) is 10.4 Å². The highest BCUT2D eigenvalue weighted by molar-refractivity contribution is 6.31. The molecule has 0 aliphatic rings. The van der Waals surface area contributed by atoms with Gasteiger partial charge in [-0.15, -0.1) is 0 Å². The lowest BCUT2D eigenvalue weighted by atomic mass is 10.2. The van der Waals surface area contributed by atoms with E-state index in [1.54, 1.807) is 0 Å². The van der Waals surface area contributed by atoms with Gasteiger partial charge in [-0.05, 0) is 42.8 Å². The molecule has 1 aromatic heterocycles. The van der Waals surface area contributed by atoms with E-state index in [0.29, 0.717) is 11.6 Å². The van der Waals surface area contributed by atoms with Crippen LogP contribution in [0, 0.1) is 0 Å². The first-order valence-corrected chi connectivity index (χ1v) is 8.29. The number of benzene rings is 2. The van der Waals surface area contributed by atoms with Crippen molar-refractivity contribution in [1.29, 1.82) is 0 Å². The van der Waals surface area contributed by atoms with Gasteiger partial charge in [0.15, 0.2) is 0 Å². The predicted octanol–water partition coefficient (Wildman–Crippen LogP) is 4.20. The minimum Gasteiger partial charge on any atom is -0.457 e. The molecule has 4 nitrogen and oxygen atoms in total. The van der Waals surface area contributed by atoms with E-state index in [1.165, 1.54) is 5.56 Å². The van der Waals surface area contributed by atoms with Crippen LogP contribution < -0.4 is 10.1 Å². The number of nitrogens with zero attached hydrogens (tertiary/aromatic N) is 2. The third kappa shape index (κ3) is 4.37. The fraction of sp³-hybridized carbons (Fsp3) is 0.211. The number of para-hydroxylation sites is 1. The summed E-state index contributed by atoms with van der Waals surface area (Å²) in [7, 11) is 1.92. The third-order valence-electron chi connectivity index (χ3n) is 3.70. The van der Waals surface area contributed by atoms with Crippen LogP contribution in [0.3, 0.4) is 0 Å². The van der Waals surface area contributed by atoms with Gasteiger partial charge in [-0.1, -0.05) is 35.9 Å². The fourth-order valence-corrected chi connectivity index (χ4v) is 2.70. The summed E-state index contributed by atoms with van der Waals surface area (Å²) in [5.41, 5.74) is 2.18. The summed E-state index contributed by atoms with van der Waals surface area (Å²) in [6.07, 6.45) is 4.84. The summed E-state index contributed by atoms with van der Waals surface area (Å²) in [5.74, 6) is 1.58. The quantitative estimate of drug-likeness (QED) is 0.655. The van der Waals surface area contributed by atoms with Crippen LogP contribution in [0.1, 0.15) is 11.1 Å². The minimum atomic E-state index is 0.655. The number of rotatable bonds is 7. The lowest BCUT2D eigenvalue weighted by molar-refractivity contribution is 0.473. The molecular formula is C19H20ClN3O. The van der Waals surface area contributed by atoms with Gasteiger partial charge in [0.25, 0.3) is 0 Å².